The number of nitrogens with one attached hydrogen (secondary N) is 1. The number of nitrogens with zero attached hydrogens (tertiary/aromatic N) is 4. The SMILES string of the molecule is Cc1ccc(NC(=O)c2cn(CC(=O)N(C)C)nn2)c(OCC2CCCO2)c1. The molecule has 28 heavy (non-hydrogen) atoms. The van der Waals surface area contributed by atoms with Crippen LogP contribution >= 0.6 is 0 Å². The lowest BCUT2D eigenvalue weighted by atomic mass is 10.2. The Bertz CT molecular complexity index is 843. The maximum atomic E-state index is 12.5. The van der Waals surface area contributed by atoms with Crippen molar-refractivity contribution < 1.29 is 19.1 Å². The van der Waals surface area contributed by atoms with Gasteiger partial charge >= 0.3 is 0 Å². The average molecular weight is 387 g/mol. The standard InChI is InChI=1S/C19H25N5O4/c1-13-6-7-15(17(9-13)28-12-14-5-4-8-27-14)20-19(26)16-10-24(22-21-16)11-18(25)23(2)3/h6-7,9-10,14H,4-5,8,11-12H2,1-3H3,(H,20,26). The first kappa shape index (κ1) is 19.8. The van der Waals surface area contributed by atoms with Gasteiger partial charge in [0.15, 0.2) is 5.69 Å². The number of aryl methyl sites for hydroxylation is 1. The van der Waals surface area contributed by atoms with Crippen molar-refractivity contribution in [2.45, 2.75) is 32.4 Å². The molecule has 9 heteroatoms. The van der Waals surface area contributed by atoms with Gasteiger partial charge in [-0.15, -0.1) is 5.10 Å². The van der Waals surface area contributed by atoms with Crippen molar-refractivity contribution in [1.82, 2.24) is 19.9 Å². The molecule has 1 fully saturated rings. The van der Waals surface area contributed by atoms with Crippen LogP contribution in [0.1, 0.15) is 28.9 Å². The van der Waals surface area contributed by atoms with Gasteiger partial charge in [0.2, 0.25) is 5.91 Å². The highest BCUT2D eigenvalue weighted by molar-refractivity contribution is 6.03. The number of carbonyl (C=O) groups excluding carboxylic acids is 2. The summed E-state index contributed by atoms with van der Waals surface area (Å²) in [5.74, 6) is 0.0219. The zero-order valence-electron chi connectivity index (χ0n) is 16.3. The number of aromatic nitrogens is 3. The Kier molecular flexibility index (Phi) is 6.25. The van der Waals surface area contributed by atoms with E-state index in [0.717, 1.165) is 25.0 Å². The van der Waals surface area contributed by atoms with Crippen LogP contribution in [-0.2, 0) is 16.1 Å². The molecule has 1 aromatic heterocycles. The summed E-state index contributed by atoms with van der Waals surface area (Å²) in [5, 5.41) is 10.5. The van der Waals surface area contributed by atoms with E-state index < -0.39 is 5.91 Å². The Hall–Kier alpha value is -2.94. The molecule has 3 rings (SSSR count). The number of rotatable bonds is 7. The molecule has 2 amide bonds. The van der Waals surface area contributed by atoms with Gasteiger partial charge in [-0.1, -0.05) is 11.3 Å². The third kappa shape index (κ3) is 5.07. The predicted molar refractivity (Wildman–Crippen MR) is 102 cm³/mol. The lowest BCUT2D eigenvalue weighted by Gasteiger charge is -2.15. The van der Waals surface area contributed by atoms with Gasteiger partial charge < -0.3 is 19.7 Å². The highest BCUT2D eigenvalue weighted by Crippen LogP contribution is 2.27. The lowest BCUT2D eigenvalue weighted by molar-refractivity contribution is -0.129. The topological polar surface area (TPSA) is 98.6 Å². The first-order valence-corrected chi connectivity index (χ1v) is 9.19. The predicted octanol–water partition coefficient (Wildman–Crippen LogP) is 1.48. The molecule has 0 aliphatic carbocycles. The van der Waals surface area contributed by atoms with Crippen molar-refractivity contribution in [3.8, 4) is 5.75 Å². The van der Waals surface area contributed by atoms with Gasteiger partial charge in [-0.2, -0.15) is 0 Å². The van der Waals surface area contributed by atoms with Gasteiger partial charge in [0, 0.05) is 20.7 Å². The highest BCUT2D eigenvalue weighted by Gasteiger charge is 2.19. The molecule has 150 valence electrons. The van der Waals surface area contributed by atoms with Crippen molar-refractivity contribution in [2.75, 3.05) is 32.6 Å². The third-order valence-corrected chi connectivity index (χ3v) is 4.40. The Morgan fingerprint density at radius 1 is 1.39 bits per heavy atom. The molecule has 0 spiro atoms. The van der Waals surface area contributed by atoms with Crippen molar-refractivity contribution in [1.29, 1.82) is 0 Å². The normalized spacial score (nSPS) is 16.0. The van der Waals surface area contributed by atoms with Crippen LogP contribution in [0, 0.1) is 6.92 Å². The van der Waals surface area contributed by atoms with Gasteiger partial charge in [-0.25, -0.2) is 4.68 Å². The molecule has 1 saturated heterocycles. The van der Waals surface area contributed by atoms with Crippen LogP contribution in [-0.4, -0.2) is 65.1 Å². The van der Waals surface area contributed by atoms with Gasteiger partial charge in [-0.05, 0) is 37.5 Å². The van der Waals surface area contributed by atoms with Crippen molar-refractivity contribution >= 4 is 17.5 Å². The molecular formula is C19H25N5O4. The van der Waals surface area contributed by atoms with Crippen LogP contribution in [0.5, 0.6) is 5.75 Å². The molecule has 1 aromatic carbocycles. The Labute approximate surface area is 163 Å². The summed E-state index contributed by atoms with van der Waals surface area (Å²) in [6, 6.07) is 5.55. The third-order valence-electron chi connectivity index (χ3n) is 4.40. The average Bonchev–Trinajstić information content (AvgIpc) is 3.33. The second-order valence-electron chi connectivity index (χ2n) is 6.99. The number of amides is 2. The Morgan fingerprint density at radius 3 is 2.93 bits per heavy atom. The number of hydrogen-bond acceptors (Lipinski definition) is 6. The number of hydrogen-bond donors (Lipinski definition) is 1. The zero-order valence-corrected chi connectivity index (χ0v) is 16.3. The quantitative estimate of drug-likeness (QED) is 0.773. The molecule has 1 atom stereocenters. The molecule has 0 bridgehead atoms. The number of likely N-dealkylation sites (N-methyl/N-ethyl adjacent to an activating group) is 1. The van der Waals surface area contributed by atoms with Gasteiger partial charge in [0.05, 0.1) is 18.0 Å². The fourth-order valence-electron chi connectivity index (χ4n) is 2.76. The largest absolute Gasteiger partial charge is 0.489 e. The molecule has 2 aromatic rings. The summed E-state index contributed by atoms with van der Waals surface area (Å²) >= 11 is 0. The minimum atomic E-state index is -0.422. The fraction of sp³-hybridized carbons (Fsp3) is 0.474. The van der Waals surface area contributed by atoms with E-state index in [1.54, 1.807) is 20.2 Å². The fourth-order valence-corrected chi connectivity index (χ4v) is 2.76. The van der Waals surface area contributed by atoms with E-state index in [-0.39, 0.29) is 24.2 Å². The van der Waals surface area contributed by atoms with Crippen molar-refractivity contribution in [2.24, 2.45) is 0 Å². The molecule has 1 N–H and O–H groups in total. The summed E-state index contributed by atoms with van der Waals surface area (Å²) < 4.78 is 12.8. The van der Waals surface area contributed by atoms with E-state index in [9.17, 15) is 9.59 Å². The molecule has 1 aliphatic rings. The minimum absolute atomic E-state index is 0.0214. The molecular weight excluding hydrogens is 362 g/mol. The van der Waals surface area contributed by atoms with Crippen LogP contribution in [0.3, 0.4) is 0 Å². The van der Waals surface area contributed by atoms with E-state index in [1.807, 2.05) is 19.1 Å². The first-order valence-electron chi connectivity index (χ1n) is 9.19. The molecule has 9 nitrogen and oxygen atoms in total. The minimum Gasteiger partial charge on any atom is -0.489 e. The molecule has 1 unspecified atom stereocenters. The van der Waals surface area contributed by atoms with E-state index in [0.29, 0.717) is 18.0 Å². The molecule has 2 heterocycles. The van der Waals surface area contributed by atoms with E-state index in [2.05, 4.69) is 15.6 Å². The zero-order chi connectivity index (χ0) is 20.1. The monoisotopic (exact) mass is 387 g/mol. The second-order valence-corrected chi connectivity index (χ2v) is 6.99. The van der Waals surface area contributed by atoms with Crippen LogP contribution in [0.25, 0.3) is 0 Å². The van der Waals surface area contributed by atoms with Gasteiger partial charge in [0.25, 0.3) is 5.91 Å². The molecule has 0 saturated carbocycles. The summed E-state index contributed by atoms with van der Waals surface area (Å²) in [5.41, 5.74) is 1.69. The number of benzene rings is 1. The lowest BCUT2D eigenvalue weighted by Crippen LogP contribution is -2.26. The van der Waals surface area contributed by atoms with E-state index in [4.69, 9.17) is 9.47 Å². The Balaban J connectivity index is 1.66. The number of ether oxygens (including phenoxy) is 2. The second kappa shape index (κ2) is 8.83. The van der Waals surface area contributed by atoms with Crippen LogP contribution < -0.4 is 10.1 Å². The summed E-state index contributed by atoms with van der Waals surface area (Å²) in [6.07, 6.45) is 3.54. The Morgan fingerprint density at radius 2 is 2.21 bits per heavy atom. The van der Waals surface area contributed by atoms with Crippen molar-refractivity contribution in [3.05, 3.63) is 35.7 Å². The number of carbonyl (C=O) groups is 2. The summed E-state index contributed by atoms with van der Waals surface area (Å²) in [6.45, 7) is 3.18. The van der Waals surface area contributed by atoms with Crippen molar-refractivity contribution in [3.63, 3.8) is 0 Å². The first-order chi connectivity index (χ1) is 13.4. The van der Waals surface area contributed by atoms with Crippen LogP contribution in [0.15, 0.2) is 24.4 Å². The summed E-state index contributed by atoms with van der Waals surface area (Å²) in [7, 11) is 3.31. The summed E-state index contributed by atoms with van der Waals surface area (Å²) in [4.78, 5) is 25.7. The van der Waals surface area contributed by atoms with E-state index in [1.165, 1.54) is 15.8 Å². The number of anilines is 1. The van der Waals surface area contributed by atoms with Crippen LogP contribution in [0.2, 0.25) is 0 Å². The molecule has 1 aliphatic heterocycles. The maximum absolute atomic E-state index is 12.5. The van der Waals surface area contributed by atoms with Gasteiger partial charge in [0.1, 0.15) is 18.9 Å². The molecule has 0 radical (unpaired) electrons. The smallest absolute Gasteiger partial charge is 0.277 e. The van der Waals surface area contributed by atoms with Crippen LogP contribution in [0.4, 0.5) is 5.69 Å². The maximum Gasteiger partial charge on any atom is 0.277 e. The van der Waals surface area contributed by atoms with E-state index >= 15 is 0 Å². The highest BCUT2D eigenvalue weighted by atomic mass is 16.5. The van der Waals surface area contributed by atoms with Gasteiger partial charge in [-0.3, -0.25) is 9.59 Å².